The highest BCUT2D eigenvalue weighted by molar-refractivity contribution is 7.90. The third-order valence-electron chi connectivity index (χ3n) is 6.13. The third-order valence-corrected chi connectivity index (χ3v) is 7.27. The van der Waals surface area contributed by atoms with Crippen LogP contribution in [0.1, 0.15) is 24.4 Å². The summed E-state index contributed by atoms with van der Waals surface area (Å²) >= 11 is 0. The number of sulfone groups is 1. The van der Waals surface area contributed by atoms with Gasteiger partial charge in [-0.05, 0) is 25.1 Å². The zero-order valence-electron chi connectivity index (χ0n) is 20.2. The van der Waals surface area contributed by atoms with Crippen molar-refractivity contribution >= 4 is 44.1 Å². The maximum absolute atomic E-state index is 13.3. The summed E-state index contributed by atoms with van der Waals surface area (Å²) in [6, 6.07) is 7.52. The van der Waals surface area contributed by atoms with Crippen LogP contribution >= 0.6 is 0 Å². The van der Waals surface area contributed by atoms with Crippen molar-refractivity contribution in [2.75, 3.05) is 16.9 Å². The molecule has 15 heteroatoms. The molecule has 1 amide bonds. The van der Waals surface area contributed by atoms with Crippen molar-refractivity contribution in [3.05, 3.63) is 41.9 Å². The average molecular weight is 552 g/mol. The molecule has 0 unspecified atom stereocenters. The van der Waals surface area contributed by atoms with Gasteiger partial charge in [0.15, 0.2) is 21.3 Å². The van der Waals surface area contributed by atoms with E-state index >= 15 is 0 Å². The summed E-state index contributed by atoms with van der Waals surface area (Å²) in [6.07, 6.45) is -2.58. The maximum Gasteiger partial charge on any atom is 0.295 e. The molecule has 1 aliphatic carbocycles. The predicted molar refractivity (Wildman–Crippen MR) is 130 cm³/mol. The molecule has 0 aliphatic heterocycles. The monoisotopic (exact) mass is 551 g/mol. The Kier molecular flexibility index (Phi) is 5.93. The molecular formula is C23H21F4N7O3S. The largest absolute Gasteiger partial charge is 0.352 e. The molecule has 4 aromatic rings. The third kappa shape index (κ3) is 4.80. The van der Waals surface area contributed by atoms with Gasteiger partial charge in [0.05, 0.1) is 22.0 Å². The summed E-state index contributed by atoms with van der Waals surface area (Å²) in [5, 5.41) is 9.50. The summed E-state index contributed by atoms with van der Waals surface area (Å²) in [6.45, 7) is 1.84. The first kappa shape index (κ1) is 25.6. The van der Waals surface area contributed by atoms with Gasteiger partial charge in [-0.2, -0.15) is 5.10 Å². The van der Waals surface area contributed by atoms with E-state index in [2.05, 4.69) is 30.7 Å². The minimum absolute atomic E-state index is 0.0161. The lowest BCUT2D eigenvalue weighted by Gasteiger charge is -2.14. The van der Waals surface area contributed by atoms with E-state index in [0.717, 1.165) is 11.9 Å². The average Bonchev–Trinajstić information content (AvgIpc) is 3.12. The number of amides is 1. The zero-order chi connectivity index (χ0) is 27.6. The number of hydrogen-bond acceptors (Lipinski definition) is 7. The molecule has 0 radical (unpaired) electrons. The molecule has 5 rings (SSSR count). The number of rotatable bonds is 7. The fraction of sp³-hybridized carbons (Fsp3) is 0.304. The van der Waals surface area contributed by atoms with Gasteiger partial charge in [-0.25, -0.2) is 35.9 Å². The van der Waals surface area contributed by atoms with Crippen LogP contribution in [0.3, 0.4) is 0 Å². The Labute approximate surface area is 213 Å². The zero-order valence-corrected chi connectivity index (χ0v) is 21.0. The van der Waals surface area contributed by atoms with Crippen molar-refractivity contribution in [1.82, 2.24) is 24.7 Å². The summed E-state index contributed by atoms with van der Waals surface area (Å²) in [4.78, 5) is 22.3. The first-order chi connectivity index (χ1) is 17.7. The Morgan fingerprint density at radius 3 is 2.47 bits per heavy atom. The number of anilines is 3. The number of H-pyrrole nitrogens is 1. The number of benzene rings is 1. The van der Waals surface area contributed by atoms with Crippen LogP contribution in [0.5, 0.6) is 0 Å². The number of aromatic nitrogens is 5. The van der Waals surface area contributed by atoms with Crippen LogP contribution in [0.25, 0.3) is 22.4 Å². The molecule has 0 saturated heterocycles. The van der Waals surface area contributed by atoms with Gasteiger partial charge in [-0.1, -0.05) is 6.07 Å². The molecule has 0 bridgehead atoms. The molecule has 1 fully saturated rings. The van der Waals surface area contributed by atoms with Crippen LogP contribution in [0.15, 0.2) is 35.2 Å². The van der Waals surface area contributed by atoms with E-state index in [1.54, 1.807) is 23.9 Å². The van der Waals surface area contributed by atoms with Crippen molar-refractivity contribution in [2.45, 2.75) is 30.6 Å². The number of aromatic amines is 1. The summed E-state index contributed by atoms with van der Waals surface area (Å²) in [7, 11) is -2.06. The molecule has 10 nitrogen and oxygen atoms in total. The van der Waals surface area contributed by atoms with Gasteiger partial charge in [0.2, 0.25) is 5.91 Å². The van der Waals surface area contributed by atoms with Crippen LogP contribution in [0.2, 0.25) is 0 Å². The molecule has 38 heavy (non-hydrogen) atoms. The molecule has 0 spiro atoms. The van der Waals surface area contributed by atoms with Crippen LogP contribution in [0, 0.1) is 12.8 Å². The first-order valence-corrected chi connectivity index (χ1v) is 13.1. The number of hydrogen-bond donors (Lipinski definition) is 3. The van der Waals surface area contributed by atoms with Crippen LogP contribution in [-0.4, -0.2) is 51.2 Å². The van der Waals surface area contributed by atoms with Crippen molar-refractivity contribution in [3.8, 4) is 11.3 Å². The van der Waals surface area contributed by atoms with E-state index in [0.29, 0.717) is 11.3 Å². The van der Waals surface area contributed by atoms with Gasteiger partial charge >= 0.3 is 0 Å². The second kappa shape index (κ2) is 8.79. The smallest absolute Gasteiger partial charge is 0.295 e. The molecule has 1 atom stereocenters. The normalized spacial score (nSPS) is 16.7. The van der Waals surface area contributed by atoms with Crippen molar-refractivity contribution < 1.29 is 30.8 Å². The van der Waals surface area contributed by atoms with E-state index in [9.17, 15) is 30.8 Å². The minimum Gasteiger partial charge on any atom is -0.352 e. The van der Waals surface area contributed by atoms with Gasteiger partial charge in [-0.3, -0.25) is 9.48 Å². The summed E-state index contributed by atoms with van der Waals surface area (Å²) in [5.41, 5.74) is 1.80. The van der Waals surface area contributed by atoms with E-state index in [1.165, 1.54) is 18.2 Å². The van der Waals surface area contributed by atoms with E-state index in [4.69, 9.17) is 0 Å². The second-order valence-corrected chi connectivity index (χ2v) is 11.1. The Morgan fingerprint density at radius 2 is 1.89 bits per heavy atom. The van der Waals surface area contributed by atoms with Gasteiger partial charge in [0.25, 0.3) is 12.3 Å². The molecular weight excluding hydrogens is 530 g/mol. The standard InChI is InChI=1S/C23H21F4N7O3S/c1-10-6-14(33-34(10)2)11-4-5-13(16(7-11)38(3,36)37)28-15-8-17(30-22(35)12-9-23(12,26)27)29-20-18(15)31-21(32-20)19(24)25/h4-8,12,19H,9H2,1-3H3,(H3,28,29,30,31,32,35)/t12-/m0/s1. The van der Waals surface area contributed by atoms with E-state index < -0.39 is 46.3 Å². The van der Waals surface area contributed by atoms with Gasteiger partial charge < -0.3 is 15.6 Å². The highest BCUT2D eigenvalue weighted by Gasteiger charge is 2.61. The van der Waals surface area contributed by atoms with Crippen molar-refractivity contribution in [2.24, 2.45) is 13.0 Å². The second-order valence-electron chi connectivity index (χ2n) is 9.08. The van der Waals surface area contributed by atoms with Crippen LogP contribution in [-0.2, 0) is 21.7 Å². The Balaban J connectivity index is 1.57. The van der Waals surface area contributed by atoms with Crippen LogP contribution < -0.4 is 10.6 Å². The molecule has 1 saturated carbocycles. The Bertz CT molecular complexity index is 1680. The number of carbonyl (C=O) groups is 1. The molecule has 3 aromatic heterocycles. The van der Waals surface area contributed by atoms with Crippen LogP contribution in [0.4, 0.5) is 34.8 Å². The minimum atomic E-state index is -3.81. The number of fused-ring (bicyclic) bond motifs is 1. The Morgan fingerprint density at radius 1 is 1.18 bits per heavy atom. The SMILES string of the molecule is Cc1cc(-c2ccc(Nc3cc(NC(=O)[C@@H]4CC4(F)F)nc4[nH]c(C(F)F)nc34)c(S(C)(=O)=O)c2)nn1C. The number of aryl methyl sites for hydroxylation is 2. The number of imidazole rings is 1. The number of carbonyl (C=O) groups excluding carboxylic acids is 1. The molecule has 1 aromatic carbocycles. The number of nitrogens with zero attached hydrogens (tertiary/aromatic N) is 4. The highest BCUT2D eigenvalue weighted by Crippen LogP contribution is 2.49. The van der Waals surface area contributed by atoms with Gasteiger partial charge in [-0.15, -0.1) is 0 Å². The van der Waals surface area contributed by atoms with Crippen molar-refractivity contribution in [1.29, 1.82) is 0 Å². The van der Waals surface area contributed by atoms with Gasteiger partial charge in [0, 0.05) is 37.0 Å². The lowest BCUT2D eigenvalue weighted by molar-refractivity contribution is -0.119. The number of pyridine rings is 1. The van der Waals surface area contributed by atoms with E-state index in [1.807, 2.05) is 6.92 Å². The number of halogens is 4. The highest BCUT2D eigenvalue weighted by atomic mass is 32.2. The quantitative estimate of drug-likeness (QED) is 0.291. The Hall–Kier alpha value is -4.01. The molecule has 3 heterocycles. The molecule has 1 aliphatic rings. The fourth-order valence-corrected chi connectivity index (χ4v) is 4.78. The topological polar surface area (TPSA) is 135 Å². The lowest BCUT2D eigenvalue weighted by atomic mass is 10.1. The van der Waals surface area contributed by atoms with E-state index in [-0.39, 0.29) is 33.3 Å². The number of alkyl halides is 4. The predicted octanol–water partition coefficient (Wildman–Crippen LogP) is 4.35. The lowest BCUT2D eigenvalue weighted by Crippen LogP contribution is -2.18. The maximum atomic E-state index is 13.3. The first-order valence-electron chi connectivity index (χ1n) is 11.2. The van der Waals surface area contributed by atoms with Gasteiger partial charge in [0.1, 0.15) is 17.3 Å². The molecule has 3 N–H and O–H groups in total. The van der Waals surface area contributed by atoms with Crippen molar-refractivity contribution in [3.63, 3.8) is 0 Å². The summed E-state index contributed by atoms with van der Waals surface area (Å²) < 4.78 is 80.4. The molecule has 200 valence electrons. The fourth-order valence-electron chi connectivity index (χ4n) is 3.92. The number of nitrogens with one attached hydrogen (secondary N) is 3. The summed E-state index contributed by atoms with van der Waals surface area (Å²) in [5.74, 6) is -6.54.